The van der Waals surface area contributed by atoms with Crippen LogP contribution in [0, 0.1) is 0 Å². The van der Waals surface area contributed by atoms with Crippen molar-refractivity contribution in [2.24, 2.45) is 0 Å². The predicted octanol–water partition coefficient (Wildman–Crippen LogP) is 3.88. The minimum absolute atomic E-state index is 0.786. The highest BCUT2D eigenvalue weighted by Crippen LogP contribution is 2.41. The second kappa shape index (κ2) is 8.95. The summed E-state index contributed by atoms with van der Waals surface area (Å²) in [6.07, 6.45) is 12.1. The van der Waals surface area contributed by atoms with Crippen LogP contribution in [0.4, 0.5) is 5.82 Å². The number of pyridine rings is 1. The molecule has 7 rings (SSSR count). The number of nitrogens with zero attached hydrogens (tertiary/aromatic N) is 8. The highest BCUT2D eigenvalue weighted by molar-refractivity contribution is 7.19. The van der Waals surface area contributed by atoms with Crippen molar-refractivity contribution in [2.75, 3.05) is 31.1 Å². The lowest BCUT2D eigenvalue weighted by Crippen LogP contribution is -2.46. The average molecular weight is 487 g/mol. The molecule has 180 valence electrons. The predicted molar refractivity (Wildman–Crippen MR) is 138 cm³/mol. The van der Waals surface area contributed by atoms with E-state index in [4.69, 9.17) is 9.97 Å². The zero-order chi connectivity index (χ0) is 23.2. The number of piperazine rings is 1. The van der Waals surface area contributed by atoms with Crippen molar-refractivity contribution in [3.63, 3.8) is 0 Å². The molecule has 2 aliphatic heterocycles. The summed E-state index contributed by atoms with van der Waals surface area (Å²) in [5, 5.41) is 10.4. The molecule has 3 aliphatic rings. The molecule has 1 aliphatic carbocycles. The van der Waals surface area contributed by atoms with Gasteiger partial charge in [0.2, 0.25) is 0 Å². The van der Waals surface area contributed by atoms with Gasteiger partial charge in [-0.2, -0.15) is 0 Å². The van der Waals surface area contributed by atoms with Gasteiger partial charge in [-0.25, -0.2) is 9.97 Å². The van der Waals surface area contributed by atoms with E-state index in [2.05, 4.69) is 35.6 Å². The monoisotopic (exact) mass is 486 g/mol. The molecule has 0 bridgehead atoms. The van der Waals surface area contributed by atoms with Gasteiger partial charge in [0.05, 0.1) is 11.9 Å². The van der Waals surface area contributed by atoms with E-state index >= 15 is 0 Å². The maximum absolute atomic E-state index is 5.15. The third kappa shape index (κ3) is 3.90. The first-order valence-electron chi connectivity index (χ1n) is 12.9. The largest absolute Gasteiger partial charge is 0.353 e. The van der Waals surface area contributed by atoms with Crippen LogP contribution in [0.25, 0.3) is 21.6 Å². The molecule has 4 aromatic rings. The van der Waals surface area contributed by atoms with Crippen LogP contribution in [-0.2, 0) is 32.4 Å². The molecule has 0 amide bonds. The third-order valence-electron chi connectivity index (χ3n) is 7.69. The van der Waals surface area contributed by atoms with Crippen molar-refractivity contribution in [2.45, 2.75) is 58.0 Å². The van der Waals surface area contributed by atoms with E-state index in [0.29, 0.717) is 0 Å². The summed E-state index contributed by atoms with van der Waals surface area (Å²) < 4.78 is 2.38. The van der Waals surface area contributed by atoms with E-state index in [1.807, 2.05) is 23.6 Å². The number of aromatic nitrogens is 6. The molecule has 0 atom stereocenters. The van der Waals surface area contributed by atoms with Gasteiger partial charge in [-0.1, -0.05) is 6.42 Å². The first kappa shape index (κ1) is 21.4. The van der Waals surface area contributed by atoms with Crippen LogP contribution in [0.15, 0.2) is 24.5 Å². The molecule has 0 unspecified atom stereocenters. The molecule has 0 N–H and O–H groups in total. The summed E-state index contributed by atoms with van der Waals surface area (Å²) in [6.45, 7) is 5.88. The van der Waals surface area contributed by atoms with Gasteiger partial charge < -0.3 is 9.47 Å². The van der Waals surface area contributed by atoms with E-state index in [-0.39, 0.29) is 0 Å². The molecular weight excluding hydrogens is 456 g/mol. The SMILES string of the molecule is c1cncc(-c2nc(N3CCN(Cc4nnc5n4CCCCC5)CC3)c3c4c(sc3n2)CCC4)c1. The van der Waals surface area contributed by atoms with Gasteiger partial charge in [0.1, 0.15) is 22.3 Å². The fourth-order valence-corrected chi connectivity index (χ4v) is 7.07. The van der Waals surface area contributed by atoms with E-state index in [1.54, 1.807) is 6.20 Å². The Hall–Kier alpha value is -2.91. The lowest BCUT2D eigenvalue weighted by atomic mass is 10.1. The van der Waals surface area contributed by atoms with Crippen molar-refractivity contribution in [3.05, 3.63) is 46.6 Å². The van der Waals surface area contributed by atoms with E-state index in [9.17, 15) is 0 Å². The molecule has 0 saturated carbocycles. The molecule has 4 aromatic heterocycles. The summed E-state index contributed by atoms with van der Waals surface area (Å²) in [5.41, 5.74) is 2.47. The fourth-order valence-electron chi connectivity index (χ4n) is 5.81. The highest BCUT2D eigenvalue weighted by Gasteiger charge is 2.28. The molecule has 8 nitrogen and oxygen atoms in total. The Bertz CT molecular complexity index is 1350. The number of thiophene rings is 1. The Labute approximate surface area is 209 Å². The summed E-state index contributed by atoms with van der Waals surface area (Å²) in [5.74, 6) is 4.21. The number of rotatable bonds is 4. The van der Waals surface area contributed by atoms with Crippen LogP contribution < -0.4 is 4.90 Å². The summed E-state index contributed by atoms with van der Waals surface area (Å²) in [4.78, 5) is 22.1. The maximum Gasteiger partial charge on any atom is 0.164 e. The van der Waals surface area contributed by atoms with Gasteiger partial charge in [0, 0.05) is 62.0 Å². The van der Waals surface area contributed by atoms with E-state index in [0.717, 1.165) is 80.0 Å². The molecule has 35 heavy (non-hydrogen) atoms. The number of hydrogen-bond acceptors (Lipinski definition) is 8. The standard InChI is InChI=1S/C26H30N8S/c1-2-9-21-30-31-22(34(21)11-3-1)17-32-12-14-33(15-13-32)25-23-19-7-4-8-20(19)35-26(23)29-24(28-25)18-6-5-10-27-16-18/h5-6,10,16H,1-4,7-9,11-15,17H2. The first-order chi connectivity index (χ1) is 17.3. The second-order valence-electron chi connectivity index (χ2n) is 9.91. The average Bonchev–Trinajstić information content (AvgIpc) is 3.55. The molecule has 1 fully saturated rings. The summed E-state index contributed by atoms with van der Waals surface area (Å²) in [6, 6.07) is 4.01. The van der Waals surface area contributed by atoms with Crippen LogP contribution in [0.3, 0.4) is 0 Å². The number of aryl methyl sites for hydroxylation is 3. The molecule has 0 spiro atoms. The Balaban J connectivity index is 1.16. The minimum Gasteiger partial charge on any atom is -0.353 e. The van der Waals surface area contributed by atoms with Crippen LogP contribution >= 0.6 is 11.3 Å². The highest BCUT2D eigenvalue weighted by atomic mass is 32.1. The van der Waals surface area contributed by atoms with Gasteiger partial charge in [-0.15, -0.1) is 21.5 Å². The van der Waals surface area contributed by atoms with Crippen molar-refractivity contribution in [1.29, 1.82) is 0 Å². The Kier molecular flexibility index (Phi) is 5.47. The Morgan fingerprint density at radius 2 is 1.83 bits per heavy atom. The van der Waals surface area contributed by atoms with Crippen LogP contribution in [0.2, 0.25) is 0 Å². The summed E-state index contributed by atoms with van der Waals surface area (Å²) in [7, 11) is 0. The molecule has 0 aromatic carbocycles. The van der Waals surface area contributed by atoms with Crippen LogP contribution in [0.5, 0.6) is 0 Å². The fraction of sp³-hybridized carbons (Fsp3) is 0.500. The quantitative estimate of drug-likeness (QED) is 0.433. The van der Waals surface area contributed by atoms with Crippen molar-refractivity contribution < 1.29 is 0 Å². The second-order valence-corrected chi connectivity index (χ2v) is 11.0. The number of anilines is 1. The van der Waals surface area contributed by atoms with Crippen molar-refractivity contribution >= 4 is 27.4 Å². The van der Waals surface area contributed by atoms with Crippen LogP contribution in [-0.4, -0.2) is 60.8 Å². The number of fused-ring (bicyclic) bond motifs is 4. The van der Waals surface area contributed by atoms with Gasteiger partial charge >= 0.3 is 0 Å². The lowest BCUT2D eigenvalue weighted by molar-refractivity contribution is 0.239. The van der Waals surface area contributed by atoms with Crippen molar-refractivity contribution in [1.82, 2.24) is 34.6 Å². The van der Waals surface area contributed by atoms with Gasteiger partial charge in [0.25, 0.3) is 0 Å². The Morgan fingerprint density at radius 1 is 0.886 bits per heavy atom. The first-order valence-corrected chi connectivity index (χ1v) is 13.8. The smallest absolute Gasteiger partial charge is 0.164 e. The molecular formula is C26H30N8S. The third-order valence-corrected chi connectivity index (χ3v) is 8.87. The Morgan fingerprint density at radius 3 is 2.71 bits per heavy atom. The number of hydrogen-bond donors (Lipinski definition) is 0. The van der Waals surface area contributed by atoms with E-state index < -0.39 is 0 Å². The molecule has 1 saturated heterocycles. The minimum atomic E-state index is 0.786. The molecule has 0 radical (unpaired) electrons. The van der Waals surface area contributed by atoms with Crippen LogP contribution in [0.1, 0.15) is 47.8 Å². The molecule has 9 heteroatoms. The summed E-state index contributed by atoms with van der Waals surface area (Å²) >= 11 is 1.86. The zero-order valence-electron chi connectivity index (χ0n) is 20.0. The van der Waals surface area contributed by atoms with Gasteiger partial charge in [0.15, 0.2) is 5.82 Å². The van der Waals surface area contributed by atoms with Gasteiger partial charge in [-0.3, -0.25) is 9.88 Å². The van der Waals surface area contributed by atoms with Crippen molar-refractivity contribution in [3.8, 4) is 11.4 Å². The normalized spacial score (nSPS) is 18.6. The van der Waals surface area contributed by atoms with Gasteiger partial charge in [-0.05, 0) is 49.8 Å². The molecule has 6 heterocycles. The lowest BCUT2D eigenvalue weighted by Gasteiger charge is -2.35. The topological polar surface area (TPSA) is 75.9 Å². The maximum atomic E-state index is 5.15. The van der Waals surface area contributed by atoms with E-state index in [1.165, 1.54) is 53.8 Å². The zero-order valence-corrected chi connectivity index (χ0v) is 20.8.